The molecule has 1 aromatic carbocycles. The maximum absolute atomic E-state index is 11.3. The van der Waals surface area contributed by atoms with Gasteiger partial charge in [-0.25, -0.2) is 9.78 Å². The van der Waals surface area contributed by atoms with Crippen molar-refractivity contribution in [3.8, 4) is 5.75 Å². The Bertz CT molecular complexity index is 615. The molecular formula is C13H16N2O2. The van der Waals surface area contributed by atoms with E-state index in [1.165, 1.54) is 0 Å². The Hall–Kier alpha value is -1.84. The van der Waals surface area contributed by atoms with Crippen LogP contribution in [0.1, 0.15) is 30.9 Å². The number of aromatic nitrogens is 2. The van der Waals surface area contributed by atoms with Gasteiger partial charge in [-0.05, 0) is 24.5 Å². The van der Waals surface area contributed by atoms with Crippen molar-refractivity contribution in [3.05, 3.63) is 33.9 Å². The molecule has 2 aromatic rings. The third-order valence-electron chi connectivity index (χ3n) is 2.91. The lowest BCUT2D eigenvalue weighted by Crippen LogP contribution is -2.11. The summed E-state index contributed by atoms with van der Waals surface area (Å²) in [5.74, 6) is 1.15. The van der Waals surface area contributed by atoms with E-state index in [2.05, 4.69) is 23.8 Å². The van der Waals surface area contributed by atoms with E-state index in [0.29, 0.717) is 5.92 Å². The number of hydrogen-bond acceptors (Lipinski definition) is 3. The van der Waals surface area contributed by atoms with Crippen molar-refractivity contribution in [2.75, 3.05) is 7.11 Å². The van der Waals surface area contributed by atoms with Gasteiger partial charge in [0, 0.05) is 17.1 Å². The van der Waals surface area contributed by atoms with Crippen LogP contribution in [-0.2, 0) is 0 Å². The summed E-state index contributed by atoms with van der Waals surface area (Å²) < 4.78 is 5.41. The maximum Gasteiger partial charge on any atom is 0.345 e. The summed E-state index contributed by atoms with van der Waals surface area (Å²) in [6, 6.07) is 1.95. The molecule has 1 aromatic heterocycles. The number of rotatable bonds is 2. The highest BCUT2D eigenvalue weighted by molar-refractivity contribution is 5.87. The summed E-state index contributed by atoms with van der Waals surface area (Å²) in [6.07, 6.45) is 1.62. The molecule has 17 heavy (non-hydrogen) atoms. The van der Waals surface area contributed by atoms with Crippen LogP contribution >= 0.6 is 0 Å². The second kappa shape index (κ2) is 4.20. The number of hydrogen-bond donors (Lipinski definition) is 1. The molecule has 4 nitrogen and oxygen atoms in total. The number of nitrogens with zero attached hydrogens (tertiary/aromatic N) is 1. The van der Waals surface area contributed by atoms with Crippen LogP contribution in [0, 0.1) is 6.92 Å². The lowest BCUT2D eigenvalue weighted by atomic mass is 9.96. The maximum atomic E-state index is 11.3. The highest BCUT2D eigenvalue weighted by Gasteiger charge is 2.14. The smallest absolute Gasteiger partial charge is 0.345 e. The summed E-state index contributed by atoms with van der Waals surface area (Å²) in [7, 11) is 1.66. The Morgan fingerprint density at radius 3 is 2.71 bits per heavy atom. The van der Waals surface area contributed by atoms with Crippen molar-refractivity contribution < 1.29 is 4.74 Å². The molecular weight excluding hydrogens is 216 g/mol. The summed E-state index contributed by atoms with van der Waals surface area (Å²) in [6.45, 7) is 6.14. The molecule has 0 unspecified atom stereocenters. The largest absolute Gasteiger partial charge is 0.496 e. The zero-order valence-electron chi connectivity index (χ0n) is 10.5. The van der Waals surface area contributed by atoms with E-state index in [1.807, 2.05) is 13.0 Å². The number of aromatic amines is 1. The minimum atomic E-state index is -0.319. The lowest BCUT2D eigenvalue weighted by Gasteiger charge is -2.16. The first-order valence-corrected chi connectivity index (χ1v) is 5.61. The second-order valence-electron chi connectivity index (χ2n) is 4.44. The molecule has 1 N–H and O–H groups in total. The van der Waals surface area contributed by atoms with Crippen molar-refractivity contribution in [3.63, 3.8) is 0 Å². The zero-order valence-corrected chi connectivity index (χ0v) is 10.5. The number of fused-ring (bicyclic) bond motifs is 1. The van der Waals surface area contributed by atoms with Gasteiger partial charge in [0.1, 0.15) is 5.75 Å². The summed E-state index contributed by atoms with van der Waals surface area (Å²) >= 11 is 0. The topological polar surface area (TPSA) is 55.0 Å². The van der Waals surface area contributed by atoms with Gasteiger partial charge >= 0.3 is 5.69 Å². The Kier molecular flexibility index (Phi) is 2.88. The number of ether oxygens (including phenoxy) is 1. The highest BCUT2D eigenvalue weighted by atomic mass is 16.5. The third-order valence-corrected chi connectivity index (χ3v) is 2.91. The second-order valence-corrected chi connectivity index (χ2v) is 4.44. The highest BCUT2D eigenvalue weighted by Crippen LogP contribution is 2.34. The Labute approximate surface area is 99.7 Å². The average Bonchev–Trinajstić information content (AvgIpc) is 2.28. The molecule has 1 heterocycles. The van der Waals surface area contributed by atoms with Crippen molar-refractivity contribution >= 4 is 10.9 Å². The molecule has 0 saturated heterocycles. The van der Waals surface area contributed by atoms with E-state index in [1.54, 1.807) is 13.3 Å². The molecule has 0 fully saturated rings. The van der Waals surface area contributed by atoms with Crippen LogP contribution in [0.25, 0.3) is 10.9 Å². The standard InChI is InChI=1S/C13H16N2O2/c1-7(2)11-9-6-14-13(16)15-12(9)8(3)5-10(11)17-4/h5-7H,1-4H3,(H,14,15,16). The molecule has 4 heteroatoms. The minimum Gasteiger partial charge on any atom is -0.496 e. The molecule has 0 radical (unpaired) electrons. The summed E-state index contributed by atoms with van der Waals surface area (Å²) in [4.78, 5) is 17.9. The SMILES string of the molecule is COc1cc(C)c2[nH]c(=O)ncc2c1C(C)C. The van der Waals surface area contributed by atoms with Crippen LogP contribution in [-0.4, -0.2) is 17.1 Å². The number of aryl methyl sites for hydroxylation is 1. The van der Waals surface area contributed by atoms with E-state index >= 15 is 0 Å². The summed E-state index contributed by atoms with van der Waals surface area (Å²) in [5, 5.41) is 0.955. The first kappa shape index (κ1) is 11.6. The number of methoxy groups -OCH3 is 1. The molecule has 0 saturated carbocycles. The molecule has 90 valence electrons. The third kappa shape index (κ3) is 1.90. The van der Waals surface area contributed by atoms with Gasteiger partial charge in [-0.3, -0.25) is 0 Å². The molecule has 0 bridgehead atoms. The van der Waals surface area contributed by atoms with E-state index in [0.717, 1.165) is 27.8 Å². The van der Waals surface area contributed by atoms with Crippen LogP contribution in [0.3, 0.4) is 0 Å². The fourth-order valence-electron chi connectivity index (χ4n) is 2.15. The molecule has 0 amide bonds. The van der Waals surface area contributed by atoms with Crippen LogP contribution in [0.5, 0.6) is 5.75 Å². The van der Waals surface area contributed by atoms with Crippen molar-refractivity contribution in [1.82, 2.24) is 9.97 Å². The van der Waals surface area contributed by atoms with Crippen LogP contribution in [0.15, 0.2) is 17.1 Å². The minimum absolute atomic E-state index is 0.306. The van der Waals surface area contributed by atoms with E-state index in [-0.39, 0.29) is 5.69 Å². The predicted molar refractivity (Wildman–Crippen MR) is 67.7 cm³/mol. The first-order chi connectivity index (χ1) is 8.04. The predicted octanol–water partition coefficient (Wildman–Crippen LogP) is 2.36. The van der Waals surface area contributed by atoms with Crippen molar-refractivity contribution in [1.29, 1.82) is 0 Å². The normalized spacial score (nSPS) is 11.1. The Morgan fingerprint density at radius 1 is 1.41 bits per heavy atom. The molecule has 2 rings (SSSR count). The lowest BCUT2D eigenvalue weighted by molar-refractivity contribution is 0.408. The van der Waals surface area contributed by atoms with Gasteiger partial charge in [0.25, 0.3) is 0 Å². The van der Waals surface area contributed by atoms with E-state index in [9.17, 15) is 4.79 Å². The van der Waals surface area contributed by atoms with Gasteiger partial charge in [0.05, 0.1) is 12.6 Å². The zero-order chi connectivity index (χ0) is 12.6. The van der Waals surface area contributed by atoms with Gasteiger partial charge in [-0.15, -0.1) is 0 Å². The average molecular weight is 232 g/mol. The first-order valence-electron chi connectivity index (χ1n) is 5.61. The molecule has 0 atom stereocenters. The molecule has 0 aliphatic heterocycles. The number of H-pyrrole nitrogens is 1. The number of benzene rings is 1. The van der Waals surface area contributed by atoms with Gasteiger partial charge < -0.3 is 9.72 Å². The quantitative estimate of drug-likeness (QED) is 0.864. The fraction of sp³-hybridized carbons (Fsp3) is 0.385. The van der Waals surface area contributed by atoms with Crippen LogP contribution < -0.4 is 10.4 Å². The van der Waals surface area contributed by atoms with Crippen LogP contribution in [0.2, 0.25) is 0 Å². The Morgan fingerprint density at radius 2 is 2.12 bits per heavy atom. The van der Waals surface area contributed by atoms with Crippen LogP contribution in [0.4, 0.5) is 0 Å². The molecule has 0 aliphatic rings. The monoisotopic (exact) mass is 232 g/mol. The molecule has 0 spiro atoms. The van der Waals surface area contributed by atoms with Gasteiger partial charge in [-0.2, -0.15) is 0 Å². The Balaban J connectivity index is 2.93. The fourth-order valence-corrected chi connectivity index (χ4v) is 2.15. The van der Waals surface area contributed by atoms with E-state index < -0.39 is 0 Å². The van der Waals surface area contributed by atoms with Crippen molar-refractivity contribution in [2.24, 2.45) is 0 Å². The number of nitrogens with one attached hydrogen (secondary N) is 1. The molecule has 0 aliphatic carbocycles. The summed E-state index contributed by atoms with van der Waals surface area (Å²) in [5.41, 5.74) is 2.59. The van der Waals surface area contributed by atoms with E-state index in [4.69, 9.17) is 4.74 Å². The van der Waals surface area contributed by atoms with Gasteiger partial charge in [0.15, 0.2) is 0 Å². The van der Waals surface area contributed by atoms with Gasteiger partial charge in [-0.1, -0.05) is 13.8 Å². The van der Waals surface area contributed by atoms with Crippen molar-refractivity contribution in [2.45, 2.75) is 26.7 Å². The van der Waals surface area contributed by atoms with Gasteiger partial charge in [0.2, 0.25) is 0 Å².